The number of hydrogen-bond donors (Lipinski definition) is 1. The molecule has 26 heavy (non-hydrogen) atoms. The van der Waals surface area contributed by atoms with E-state index in [0.717, 1.165) is 48.8 Å². The first-order chi connectivity index (χ1) is 12.6. The zero-order chi connectivity index (χ0) is 18.5. The molecule has 0 radical (unpaired) electrons. The Morgan fingerprint density at radius 3 is 3.00 bits per heavy atom. The maximum atomic E-state index is 14.8. The lowest BCUT2D eigenvalue weighted by Gasteiger charge is -2.27. The lowest BCUT2D eigenvalue weighted by molar-refractivity contribution is 0.0695. The first-order valence-electron chi connectivity index (χ1n) is 9.22. The largest absolute Gasteiger partial charge is 0.491 e. The number of benzene rings is 1. The standard InChI is InChI=1S/C21H24FNO3/c1-2-12-26-19-9-8-16-14(4-3-5-18(16)20(19)22)6-7-15-13-23-11-10-17(15)21(24)25/h8-11,13-14H,2-7,12H2,1H3,(H,24,25). The second-order valence-electron chi connectivity index (χ2n) is 6.76. The maximum Gasteiger partial charge on any atom is 0.336 e. The van der Waals surface area contributed by atoms with Crippen LogP contribution in [0, 0.1) is 5.82 Å². The molecular formula is C21H24FNO3. The van der Waals surface area contributed by atoms with E-state index in [1.54, 1.807) is 12.3 Å². The van der Waals surface area contributed by atoms with Crippen molar-refractivity contribution in [2.45, 2.75) is 51.4 Å². The number of fused-ring (bicyclic) bond motifs is 1. The number of halogens is 1. The molecule has 1 unspecified atom stereocenters. The quantitative estimate of drug-likeness (QED) is 0.776. The van der Waals surface area contributed by atoms with Gasteiger partial charge in [0.1, 0.15) is 0 Å². The molecular weight excluding hydrogens is 333 g/mol. The third kappa shape index (κ3) is 3.87. The number of aromatic carboxylic acids is 1. The van der Waals surface area contributed by atoms with E-state index in [4.69, 9.17) is 4.74 Å². The van der Waals surface area contributed by atoms with Crippen molar-refractivity contribution in [1.82, 2.24) is 4.98 Å². The minimum atomic E-state index is -0.935. The molecule has 0 saturated heterocycles. The normalized spacial score (nSPS) is 16.2. The van der Waals surface area contributed by atoms with Crippen LogP contribution in [0.5, 0.6) is 5.75 Å². The van der Waals surface area contributed by atoms with E-state index < -0.39 is 5.97 Å². The molecule has 0 saturated carbocycles. The summed E-state index contributed by atoms with van der Waals surface area (Å²) in [4.78, 5) is 15.4. The zero-order valence-corrected chi connectivity index (χ0v) is 15.0. The Balaban J connectivity index is 1.78. The molecule has 1 N–H and O–H groups in total. The number of rotatable bonds is 7. The van der Waals surface area contributed by atoms with Crippen molar-refractivity contribution in [1.29, 1.82) is 0 Å². The Bertz CT molecular complexity index is 791. The summed E-state index contributed by atoms with van der Waals surface area (Å²) in [6, 6.07) is 5.24. The van der Waals surface area contributed by atoms with Gasteiger partial charge in [-0.3, -0.25) is 4.98 Å². The molecule has 3 rings (SSSR count). The molecule has 1 aliphatic rings. The van der Waals surface area contributed by atoms with Gasteiger partial charge in [-0.25, -0.2) is 9.18 Å². The Hall–Kier alpha value is -2.43. The highest BCUT2D eigenvalue weighted by Gasteiger charge is 2.25. The number of pyridine rings is 1. The lowest BCUT2D eigenvalue weighted by atomic mass is 9.79. The van der Waals surface area contributed by atoms with Crippen molar-refractivity contribution in [2.24, 2.45) is 0 Å². The van der Waals surface area contributed by atoms with Crippen LogP contribution < -0.4 is 4.74 Å². The van der Waals surface area contributed by atoms with E-state index >= 15 is 0 Å². The monoisotopic (exact) mass is 357 g/mol. The average molecular weight is 357 g/mol. The van der Waals surface area contributed by atoms with E-state index in [9.17, 15) is 14.3 Å². The second kappa shape index (κ2) is 8.30. The van der Waals surface area contributed by atoms with Crippen LogP contribution >= 0.6 is 0 Å². The maximum absolute atomic E-state index is 14.8. The van der Waals surface area contributed by atoms with Gasteiger partial charge in [-0.15, -0.1) is 0 Å². The fraction of sp³-hybridized carbons (Fsp3) is 0.429. The SMILES string of the molecule is CCCOc1ccc2c(c1F)CCCC2CCc1cnccc1C(=O)O. The van der Waals surface area contributed by atoms with Gasteiger partial charge < -0.3 is 9.84 Å². The minimum absolute atomic E-state index is 0.228. The number of ether oxygens (including phenoxy) is 1. The Kier molecular flexibility index (Phi) is 5.86. The van der Waals surface area contributed by atoms with Crippen LogP contribution in [0.3, 0.4) is 0 Å². The molecule has 0 spiro atoms. The van der Waals surface area contributed by atoms with E-state index in [1.165, 1.54) is 12.3 Å². The van der Waals surface area contributed by atoms with Crippen molar-refractivity contribution in [3.8, 4) is 5.75 Å². The van der Waals surface area contributed by atoms with Crippen LogP contribution in [0.2, 0.25) is 0 Å². The first kappa shape index (κ1) is 18.4. The molecule has 1 heterocycles. The van der Waals surface area contributed by atoms with Gasteiger partial charge in [0.25, 0.3) is 0 Å². The number of hydrogen-bond acceptors (Lipinski definition) is 3. The molecule has 5 heteroatoms. The van der Waals surface area contributed by atoms with Gasteiger partial charge in [-0.2, -0.15) is 0 Å². The summed E-state index contributed by atoms with van der Waals surface area (Å²) in [5.41, 5.74) is 2.83. The number of aromatic nitrogens is 1. The van der Waals surface area contributed by atoms with Crippen molar-refractivity contribution >= 4 is 5.97 Å². The average Bonchev–Trinajstić information content (AvgIpc) is 2.66. The predicted octanol–water partition coefficient (Wildman–Crippen LogP) is 4.76. The Labute approximate surface area is 153 Å². The highest BCUT2D eigenvalue weighted by Crippen LogP contribution is 2.38. The Morgan fingerprint density at radius 2 is 2.23 bits per heavy atom. The fourth-order valence-corrected chi connectivity index (χ4v) is 3.72. The highest BCUT2D eigenvalue weighted by molar-refractivity contribution is 5.89. The zero-order valence-electron chi connectivity index (χ0n) is 15.0. The van der Waals surface area contributed by atoms with Gasteiger partial charge in [-0.1, -0.05) is 13.0 Å². The molecule has 1 aromatic heterocycles. The first-order valence-corrected chi connectivity index (χ1v) is 9.22. The van der Waals surface area contributed by atoms with Gasteiger partial charge in [0, 0.05) is 12.4 Å². The summed E-state index contributed by atoms with van der Waals surface area (Å²) in [6.07, 6.45) is 8.02. The molecule has 2 aromatic rings. The molecule has 0 amide bonds. The van der Waals surface area contributed by atoms with E-state index in [1.807, 2.05) is 13.0 Å². The predicted molar refractivity (Wildman–Crippen MR) is 97.4 cm³/mol. The molecule has 1 aromatic carbocycles. The number of carboxylic acid groups (broad SMARTS) is 1. The van der Waals surface area contributed by atoms with Gasteiger partial charge in [0.15, 0.2) is 11.6 Å². The lowest BCUT2D eigenvalue weighted by Crippen LogP contribution is -2.14. The Morgan fingerprint density at radius 1 is 1.38 bits per heavy atom. The van der Waals surface area contributed by atoms with Crippen molar-refractivity contribution in [2.75, 3.05) is 6.61 Å². The van der Waals surface area contributed by atoms with Crippen molar-refractivity contribution in [3.05, 3.63) is 58.7 Å². The number of carbonyl (C=O) groups is 1. The summed E-state index contributed by atoms with van der Waals surface area (Å²) >= 11 is 0. The third-order valence-corrected chi connectivity index (χ3v) is 5.02. The van der Waals surface area contributed by atoms with Crippen molar-refractivity contribution < 1.29 is 19.0 Å². The minimum Gasteiger partial charge on any atom is -0.491 e. The van der Waals surface area contributed by atoms with Crippen molar-refractivity contribution in [3.63, 3.8) is 0 Å². The highest BCUT2D eigenvalue weighted by atomic mass is 19.1. The topological polar surface area (TPSA) is 59.4 Å². The number of carboxylic acids is 1. The van der Waals surface area contributed by atoms with Gasteiger partial charge in [-0.05, 0) is 73.3 Å². The number of aryl methyl sites for hydroxylation is 1. The molecule has 0 bridgehead atoms. The molecule has 138 valence electrons. The summed E-state index contributed by atoms with van der Waals surface area (Å²) in [7, 11) is 0. The molecule has 1 aliphatic carbocycles. The van der Waals surface area contributed by atoms with Gasteiger partial charge in [0.2, 0.25) is 0 Å². The van der Waals surface area contributed by atoms with Crippen LogP contribution in [-0.4, -0.2) is 22.7 Å². The van der Waals surface area contributed by atoms with Gasteiger partial charge in [0.05, 0.1) is 12.2 Å². The number of nitrogens with zero attached hydrogens (tertiary/aromatic N) is 1. The fourth-order valence-electron chi connectivity index (χ4n) is 3.72. The molecule has 4 nitrogen and oxygen atoms in total. The molecule has 1 atom stereocenters. The molecule has 0 fully saturated rings. The van der Waals surface area contributed by atoms with Gasteiger partial charge >= 0.3 is 5.97 Å². The van der Waals surface area contributed by atoms with E-state index in [0.29, 0.717) is 24.3 Å². The summed E-state index contributed by atoms with van der Waals surface area (Å²) in [5.74, 6) is -0.592. The summed E-state index contributed by atoms with van der Waals surface area (Å²) in [6.45, 7) is 2.51. The van der Waals surface area contributed by atoms with Crippen LogP contribution in [0.4, 0.5) is 4.39 Å². The van der Waals surface area contributed by atoms with Crippen LogP contribution in [0.1, 0.15) is 65.6 Å². The van der Waals surface area contributed by atoms with Crippen LogP contribution in [0.25, 0.3) is 0 Å². The third-order valence-electron chi connectivity index (χ3n) is 5.02. The van der Waals surface area contributed by atoms with E-state index in [2.05, 4.69) is 4.98 Å². The second-order valence-corrected chi connectivity index (χ2v) is 6.76. The summed E-state index contributed by atoms with van der Waals surface area (Å²) in [5, 5.41) is 9.31. The van der Waals surface area contributed by atoms with E-state index in [-0.39, 0.29) is 11.7 Å². The smallest absolute Gasteiger partial charge is 0.336 e. The molecule has 0 aliphatic heterocycles. The van der Waals surface area contributed by atoms with Crippen LogP contribution in [-0.2, 0) is 12.8 Å². The van der Waals surface area contributed by atoms with Crippen LogP contribution in [0.15, 0.2) is 30.6 Å². The summed E-state index contributed by atoms with van der Waals surface area (Å²) < 4.78 is 20.3.